The standard InChI is InChI=1S/C12H19NO3/c1-3-5-6-7-8-11(14)13(4-2)10-9-12(15)16/h1H,4-10H2,2H3,(H,15,16). The van der Waals surface area contributed by atoms with Crippen LogP contribution in [0.4, 0.5) is 0 Å². The van der Waals surface area contributed by atoms with Crippen LogP contribution in [0, 0.1) is 12.3 Å². The zero-order valence-electron chi connectivity index (χ0n) is 9.74. The molecule has 1 N–H and O–H groups in total. The summed E-state index contributed by atoms with van der Waals surface area (Å²) < 4.78 is 0. The van der Waals surface area contributed by atoms with E-state index in [1.807, 2.05) is 6.92 Å². The number of hydrogen-bond donors (Lipinski definition) is 1. The Morgan fingerprint density at radius 1 is 1.31 bits per heavy atom. The number of terminal acetylenes is 1. The molecule has 0 radical (unpaired) electrons. The van der Waals surface area contributed by atoms with Crippen LogP contribution in [0.1, 0.15) is 39.0 Å². The van der Waals surface area contributed by atoms with E-state index >= 15 is 0 Å². The molecule has 0 rings (SSSR count). The van der Waals surface area contributed by atoms with E-state index in [4.69, 9.17) is 11.5 Å². The Morgan fingerprint density at radius 2 is 2.00 bits per heavy atom. The third-order valence-electron chi connectivity index (χ3n) is 2.29. The predicted octanol–water partition coefficient (Wildman–Crippen LogP) is 1.50. The third-order valence-corrected chi connectivity index (χ3v) is 2.29. The molecule has 16 heavy (non-hydrogen) atoms. The molecule has 4 nitrogen and oxygen atoms in total. The summed E-state index contributed by atoms with van der Waals surface area (Å²) in [5, 5.41) is 8.53. The molecule has 0 fully saturated rings. The Hall–Kier alpha value is -1.50. The summed E-state index contributed by atoms with van der Waals surface area (Å²) in [6.07, 6.45) is 7.86. The lowest BCUT2D eigenvalue weighted by Gasteiger charge is -2.19. The Morgan fingerprint density at radius 3 is 2.50 bits per heavy atom. The fourth-order valence-electron chi connectivity index (χ4n) is 1.35. The Bertz CT molecular complexity index is 268. The van der Waals surface area contributed by atoms with Gasteiger partial charge in [-0.3, -0.25) is 9.59 Å². The first-order valence-electron chi connectivity index (χ1n) is 5.54. The van der Waals surface area contributed by atoms with Crippen molar-refractivity contribution in [3.63, 3.8) is 0 Å². The first kappa shape index (κ1) is 14.5. The fourth-order valence-corrected chi connectivity index (χ4v) is 1.35. The van der Waals surface area contributed by atoms with Crippen LogP contribution in [0.15, 0.2) is 0 Å². The number of unbranched alkanes of at least 4 members (excludes halogenated alkanes) is 2. The lowest BCUT2D eigenvalue weighted by atomic mass is 10.2. The minimum Gasteiger partial charge on any atom is -0.481 e. The van der Waals surface area contributed by atoms with E-state index in [0.717, 1.165) is 12.8 Å². The Labute approximate surface area is 96.6 Å². The van der Waals surface area contributed by atoms with Crippen LogP contribution in [0.25, 0.3) is 0 Å². The molecule has 4 heteroatoms. The van der Waals surface area contributed by atoms with Crippen LogP contribution in [0.3, 0.4) is 0 Å². The zero-order chi connectivity index (χ0) is 12.4. The molecule has 0 spiro atoms. The minimum absolute atomic E-state index is 0.00390. The van der Waals surface area contributed by atoms with Crippen molar-refractivity contribution in [1.82, 2.24) is 4.90 Å². The summed E-state index contributed by atoms with van der Waals surface area (Å²) in [5.41, 5.74) is 0. The lowest BCUT2D eigenvalue weighted by molar-refractivity contribution is -0.138. The van der Waals surface area contributed by atoms with E-state index in [-0.39, 0.29) is 12.3 Å². The van der Waals surface area contributed by atoms with Gasteiger partial charge in [-0.2, -0.15) is 0 Å². The molecule has 0 aliphatic rings. The van der Waals surface area contributed by atoms with E-state index < -0.39 is 5.97 Å². The fraction of sp³-hybridized carbons (Fsp3) is 0.667. The summed E-state index contributed by atoms with van der Waals surface area (Å²) in [6, 6.07) is 0. The van der Waals surface area contributed by atoms with Gasteiger partial charge in [0.05, 0.1) is 6.42 Å². The zero-order valence-corrected chi connectivity index (χ0v) is 9.74. The van der Waals surface area contributed by atoms with Gasteiger partial charge in [0.25, 0.3) is 0 Å². The van der Waals surface area contributed by atoms with Gasteiger partial charge in [0.1, 0.15) is 0 Å². The molecule has 0 atom stereocenters. The van der Waals surface area contributed by atoms with Gasteiger partial charge in [-0.15, -0.1) is 12.3 Å². The van der Waals surface area contributed by atoms with Crippen LogP contribution in [0.5, 0.6) is 0 Å². The highest BCUT2D eigenvalue weighted by atomic mass is 16.4. The average Bonchev–Trinajstić information content (AvgIpc) is 2.25. The van der Waals surface area contributed by atoms with Crippen molar-refractivity contribution in [2.45, 2.75) is 39.0 Å². The van der Waals surface area contributed by atoms with E-state index in [9.17, 15) is 9.59 Å². The molecule has 0 aromatic rings. The number of carboxylic acids is 1. The molecule has 0 bridgehead atoms. The number of aliphatic carboxylic acids is 1. The van der Waals surface area contributed by atoms with Crippen molar-refractivity contribution in [1.29, 1.82) is 0 Å². The molecule has 0 heterocycles. The van der Waals surface area contributed by atoms with Crippen molar-refractivity contribution >= 4 is 11.9 Å². The molecule has 0 aromatic carbocycles. The number of carbonyl (C=O) groups excluding carboxylic acids is 1. The highest BCUT2D eigenvalue weighted by Crippen LogP contribution is 2.03. The van der Waals surface area contributed by atoms with E-state index in [1.54, 1.807) is 4.90 Å². The number of hydrogen-bond acceptors (Lipinski definition) is 2. The van der Waals surface area contributed by atoms with E-state index in [0.29, 0.717) is 25.9 Å². The quantitative estimate of drug-likeness (QED) is 0.503. The van der Waals surface area contributed by atoms with Crippen LogP contribution in [0.2, 0.25) is 0 Å². The number of amides is 1. The number of carboxylic acid groups (broad SMARTS) is 1. The second-order valence-electron chi connectivity index (χ2n) is 3.53. The van der Waals surface area contributed by atoms with Gasteiger partial charge in [0, 0.05) is 25.9 Å². The topological polar surface area (TPSA) is 57.6 Å². The summed E-state index contributed by atoms with van der Waals surface area (Å²) in [5.74, 6) is 1.66. The summed E-state index contributed by atoms with van der Waals surface area (Å²) >= 11 is 0. The van der Waals surface area contributed by atoms with Gasteiger partial charge in [0.2, 0.25) is 5.91 Å². The van der Waals surface area contributed by atoms with Crippen molar-refractivity contribution in [2.75, 3.05) is 13.1 Å². The molecule has 0 aromatic heterocycles. The minimum atomic E-state index is -0.876. The van der Waals surface area contributed by atoms with Gasteiger partial charge in [0.15, 0.2) is 0 Å². The average molecular weight is 225 g/mol. The Balaban J connectivity index is 3.83. The molecular weight excluding hydrogens is 206 g/mol. The molecular formula is C12H19NO3. The highest BCUT2D eigenvalue weighted by Gasteiger charge is 2.11. The summed E-state index contributed by atoms with van der Waals surface area (Å²) in [7, 11) is 0. The maximum Gasteiger partial charge on any atom is 0.305 e. The number of rotatable bonds is 8. The van der Waals surface area contributed by atoms with Crippen molar-refractivity contribution in [3.05, 3.63) is 0 Å². The maximum absolute atomic E-state index is 11.6. The molecule has 1 amide bonds. The Kier molecular flexibility index (Phi) is 7.96. The first-order chi connectivity index (χ1) is 7.61. The highest BCUT2D eigenvalue weighted by molar-refractivity contribution is 5.76. The van der Waals surface area contributed by atoms with E-state index in [1.165, 1.54) is 0 Å². The van der Waals surface area contributed by atoms with Gasteiger partial charge < -0.3 is 10.0 Å². The third kappa shape index (κ3) is 6.88. The molecule has 0 saturated heterocycles. The molecule has 0 aliphatic heterocycles. The normalized spacial score (nSPS) is 9.50. The predicted molar refractivity (Wildman–Crippen MR) is 61.8 cm³/mol. The van der Waals surface area contributed by atoms with Crippen LogP contribution >= 0.6 is 0 Å². The van der Waals surface area contributed by atoms with Crippen LogP contribution in [-0.4, -0.2) is 35.0 Å². The van der Waals surface area contributed by atoms with Crippen molar-refractivity contribution in [2.24, 2.45) is 0 Å². The van der Waals surface area contributed by atoms with Gasteiger partial charge in [-0.1, -0.05) is 0 Å². The maximum atomic E-state index is 11.6. The molecule has 90 valence electrons. The van der Waals surface area contributed by atoms with Crippen LogP contribution < -0.4 is 0 Å². The monoisotopic (exact) mass is 225 g/mol. The smallest absolute Gasteiger partial charge is 0.305 e. The largest absolute Gasteiger partial charge is 0.481 e. The van der Waals surface area contributed by atoms with Crippen LogP contribution in [-0.2, 0) is 9.59 Å². The first-order valence-corrected chi connectivity index (χ1v) is 5.54. The molecule has 0 saturated carbocycles. The number of nitrogens with zero attached hydrogens (tertiary/aromatic N) is 1. The SMILES string of the molecule is C#CCCCCC(=O)N(CC)CCC(=O)O. The second kappa shape index (κ2) is 8.78. The lowest BCUT2D eigenvalue weighted by Crippen LogP contribution is -2.32. The van der Waals surface area contributed by atoms with Gasteiger partial charge >= 0.3 is 5.97 Å². The summed E-state index contributed by atoms with van der Waals surface area (Å²) in [6.45, 7) is 2.70. The number of carbonyl (C=O) groups is 2. The van der Waals surface area contributed by atoms with Gasteiger partial charge in [-0.05, 0) is 19.8 Å². The van der Waals surface area contributed by atoms with Crippen molar-refractivity contribution < 1.29 is 14.7 Å². The summed E-state index contributed by atoms with van der Waals surface area (Å²) in [4.78, 5) is 23.6. The molecule has 0 aliphatic carbocycles. The van der Waals surface area contributed by atoms with E-state index in [2.05, 4.69) is 5.92 Å². The van der Waals surface area contributed by atoms with Gasteiger partial charge in [-0.25, -0.2) is 0 Å². The van der Waals surface area contributed by atoms with Crippen molar-refractivity contribution in [3.8, 4) is 12.3 Å². The second-order valence-corrected chi connectivity index (χ2v) is 3.53. The molecule has 0 unspecified atom stereocenters.